The standard InChI is InChI=1S/C17H22N2O3S/c20-14(2-1-4-18-17(22)10-3-5-23-9-10)19-8-12-6-11-7-13(12)15(19)16(11)21/h3,5,9,11-13,15-16,21H,1-2,4,6-8H2,(H,18,22)/t11-,12-,13+,15-,16+/m0/s1. The van der Waals surface area contributed by atoms with Gasteiger partial charge < -0.3 is 15.3 Å². The van der Waals surface area contributed by atoms with Gasteiger partial charge in [-0.3, -0.25) is 9.59 Å². The van der Waals surface area contributed by atoms with Crippen LogP contribution in [0.2, 0.25) is 0 Å². The average Bonchev–Trinajstić information content (AvgIpc) is 3.26. The van der Waals surface area contributed by atoms with Crippen LogP contribution in [0.4, 0.5) is 0 Å². The fraction of sp³-hybridized carbons (Fsp3) is 0.647. The smallest absolute Gasteiger partial charge is 0.252 e. The van der Waals surface area contributed by atoms with Crippen molar-refractivity contribution in [1.82, 2.24) is 10.2 Å². The molecule has 0 spiro atoms. The summed E-state index contributed by atoms with van der Waals surface area (Å²) in [6.45, 7) is 1.33. The molecule has 2 amide bonds. The van der Waals surface area contributed by atoms with Gasteiger partial charge in [-0.25, -0.2) is 0 Å². The molecule has 1 aromatic rings. The zero-order valence-electron chi connectivity index (χ0n) is 13.0. The molecular formula is C17H22N2O3S. The van der Waals surface area contributed by atoms with Gasteiger partial charge >= 0.3 is 0 Å². The maximum atomic E-state index is 12.5. The highest BCUT2D eigenvalue weighted by molar-refractivity contribution is 7.08. The fourth-order valence-electron chi connectivity index (χ4n) is 4.78. The monoisotopic (exact) mass is 334 g/mol. The van der Waals surface area contributed by atoms with E-state index >= 15 is 0 Å². The topological polar surface area (TPSA) is 69.6 Å². The second-order valence-electron chi connectivity index (χ2n) is 7.05. The Balaban J connectivity index is 1.24. The van der Waals surface area contributed by atoms with E-state index in [4.69, 9.17) is 0 Å². The van der Waals surface area contributed by atoms with Crippen molar-refractivity contribution < 1.29 is 14.7 Å². The Hall–Kier alpha value is -1.40. The number of nitrogens with zero attached hydrogens (tertiary/aromatic N) is 1. The second kappa shape index (κ2) is 5.91. The minimum Gasteiger partial charge on any atom is -0.391 e. The average molecular weight is 334 g/mol. The van der Waals surface area contributed by atoms with E-state index in [2.05, 4.69) is 5.32 Å². The van der Waals surface area contributed by atoms with Gasteiger partial charge in [-0.1, -0.05) is 0 Å². The third kappa shape index (κ3) is 2.58. The highest BCUT2D eigenvalue weighted by Crippen LogP contribution is 2.54. The first-order valence-corrected chi connectivity index (χ1v) is 9.37. The summed E-state index contributed by atoms with van der Waals surface area (Å²) in [6.07, 6.45) is 2.95. The lowest BCUT2D eigenvalue weighted by Gasteiger charge is -2.29. The summed E-state index contributed by atoms with van der Waals surface area (Å²) >= 11 is 1.50. The van der Waals surface area contributed by atoms with Crippen molar-refractivity contribution in [3.05, 3.63) is 22.4 Å². The Kier molecular flexibility index (Phi) is 3.89. The van der Waals surface area contributed by atoms with Gasteiger partial charge in [0.25, 0.3) is 5.91 Å². The van der Waals surface area contributed by atoms with E-state index in [1.165, 1.54) is 11.3 Å². The van der Waals surface area contributed by atoms with Gasteiger partial charge in [-0.05, 0) is 48.5 Å². The quantitative estimate of drug-likeness (QED) is 0.802. The SMILES string of the molecule is O=C(NCCCC(=O)N1C[C@@H]2C[C@H]3C[C@H]2[C@H]1[C@@H]3O)c1ccsc1. The molecule has 2 aliphatic carbocycles. The molecule has 3 fully saturated rings. The van der Waals surface area contributed by atoms with Crippen molar-refractivity contribution >= 4 is 23.2 Å². The summed E-state index contributed by atoms with van der Waals surface area (Å²) in [4.78, 5) is 26.2. The molecule has 1 aromatic heterocycles. The minimum absolute atomic E-state index is 0.0617. The first-order chi connectivity index (χ1) is 11.1. The lowest BCUT2D eigenvalue weighted by Crippen LogP contribution is -2.43. The molecule has 1 saturated heterocycles. The van der Waals surface area contributed by atoms with E-state index in [9.17, 15) is 14.7 Å². The van der Waals surface area contributed by atoms with Crippen molar-refractivity contribution in [2.45, 2.75) is 37.8 Å². The molecule has 0 radical (unpaired) electrons. The number of aliphatic hydroxyl groups excluding tert-OH is 1. The summed E-state index contributed by atoms with van der Waals surface area (Å²) in [5.41, 5.74) is 0.678. The molecule has 2 N–H and O–H groups in total. The van der Waals surface area contributed by atoms with Crippen LogP contribution in [0.1, 0.15) is 36.0 Å². The highest BCUT2D eigenvalue weighted by atomic mass is 32.1. The van der Waals surface area contributed by atoms with Gasteiger partial charge in [0, 0.05) is 30.5 Å². The summed E-state index contributed by atoms with van der Waals surface area (Å²) in [7, 11) is 0. The first kappa shape index (κ1) is 15.1. The maximum absolute atomic E-state index is 12.5. The van der Waals surface area contributed by atoms with Gasteiger partial charge in [0.1, 0.15) is 0 Å². The molecule has 0 aromatic carbocycles. The molecule has 6 heteroatoms. The Bertz CT molecular complexity index is 601. The van der Waals surface area contributed by atoms with Crippen LogP contribution in [0.3, 0.4) is 0 Å². The number of fused-ring (bicyclic) bond motifs is 1. The molecule has 124 valence electrons. The Morgan fingerprint density at radius 2 is 2.22 bits per heavy atom. The van der Waals surface area contributed by atoms with E-state index in [1.54, 1.807) is 6.07 Å². The number of carbonyl (C=O) groups excluding carboxylic acids is 2. The van der Waals surface area contributed by atoms with Gasteiger partial charge in [0.2, 0.25) is 5.91 Å². The third-order valence-corrected chi connectivity index (χ3v) is 6.49. The van der Waals surface area contributed by atoms with Crippen molar-refractivity contribution in [2.75, 3.05) is 13.1 Å². The zero-order valence-corrected chi connectivity index (χ0v) is 13.8. The van der Waals surface area contributed by atoms with E-state index in [-0.39, 0.29) is 24.0 Å². The Morgan fingerprint density at radius 1 is 1.35 bits per heavy atom. The summed E-state index contributed by atoms with van der Waals surface area (Å²) in [5.74, 6) is 1.60. The summed E-state index contributed by atoms with van der Waals surface area (Å²) < 4.78 is 0. The van der Waals surface area contributed by atoms with E-state index < -0.39 is 0 Å². The van der Waals surface area contributed by atoms with Gasteiger partial charge in [0.15, 0.2) is 0 Å². The molecule has 2 bridgehead atoms. The van der Waals surface area contributed by atoms with E-state index in [0.717, 1.165) is 19.4 Å². The number of likely N-dealkylation sites (tertiary alicyclic amines) is 1. The summed E-state index contributed by atoms with van der Waals surface area (Å²) in [5, 5.41) is 16.9. The van der Waals surface area contributed by atoms with Gasteiger partial charge in [0.05, 0.1) is 12.1 Å². The number of carbonyl (C=O) groups is 2. The predicted octanol–water partition coefficient (Wildman–Crippen LogP) is 1.49. The lowest BCUT2D eigenvalue weighted by atomic mass is 9.88. The molecule has 2 saturated carbocycles. The van der Waals surface area contributed by atoms with Crippen LogP contribution < -0.4 is 5.32 Å². The highest BCUT2D eigenvalue weighted by Gasteiger charge is 2.59. The molecule has 1 aliphatic heterocycles. The normalized spacial score (nSPS) is 34.1. The lowest BCUT2D eigenvalue weighted by molar-refractivity contribution is -0.134. The number of aliphatic hydroxyl groups is 1. The predicted molar refractivity (Wildman–Crippen MR) is 87.1 cm³/mol. The largest absolute Gasteiger partial charge is 0.391 e. The fourth-order valence-corrected chi connectivity index (χ4v) is 5.42. The van der Waals surface area contributed by atoms with E-state index in [1.807, 2.05) is 15.7 Å². The molecule has 23 heavy (non-hydrogen) atoms. The van der Waals surface area contributed by atoms with Crippen molar-refractivity contribution in [2.24, 2.45) is 17.8 Å². The number of amides is 2. The number of thiophene rings is 1. The number of nitrogens with one attached hydrogen (secondary N) is 1. The maximum Gasteiger partial charge on any atom is 0.252 e. The van der Waals surface area contributed by atoms with Crippen LogP contribution in [0, 0.1) is 17.8 Å². The Labute approximate surface area is 139 Å². The van der Waals surface area contributed by atoms with Crippen LogP contribution in [-0.2, 0) is 4.79 Å². The number of hydrogen-bond acceptors (Lipinski definition) is 4. The van der Waals surface area contributed by atoms with Crippen molar-refractivity contribution in [3.8, 4) is 0 Å². The van der Waals surface area contributed by atoms with Crippen molar-refractivity contribution in [1.29, 1.82) is 0 Å². The molecule has 4 rings (SSSR count). The minimum atomic E-state index is -0.319. The molecule has 2 heterocycles. The molecule has 3 aliphatic rings. The molecule has 5 nitrogen and oxygen atoms in total. The van der Waals surface area contributed by atoms with Crippen LogP contribution in [0.5, 0.6) is 0 Å². The molecular weight excluding hydrogens is 312 g/mol. The van der Waals surface area contributed by atoms with Crippen LogP contribution in [0.15, 0.2) is 16.8 Å². The van der Waals surface area contributed by atoms with Crippen LogP contribution in [-0.4, -0.2) is 47.1 Å². The van der Waals surface area contributed by atoms with Gasteiger partial charge in [-0.2, -0.15) is 11.3 Å². The second-order valence-corrected chi connectivity index (χ2v) is 7.83. The van der Waals surface area contributed by atoms with Crippen LogP contribution in [0.25, 0.3) is 0 Å². The van der Waals surface area contributed by atoms with Crippen LogP contribution >= 0.6 is 11.3 Å². The first-order valence-electron chi connectivity index (χ1n) is 8.43. The van der Waals surface area contributed by atoms with Gasteiger partial charge in [-0.15, -0.1) is 0 Å². The number of hydrogen-bond donors (Lipinski definition) is 2. The molecule has 0 unspecified atom stereocenters. The third-order valence-electron chi connectivity index (χ3n) is 5.81. The number of rotatable bonds is 5. The molecule has 5 atom stereocenters. The summed E-state index contributed by atoms with van der Waals surface area (Å²) in [6, 6.07) is 1.86. The van der Waals surface area contributed by atoms with E-state index in [0.29, 0.717) is 42.7 Å². The Morgan fingerprint density at radius 3 is 2.96 bits per heavy atom. The van der Waals surface area contributed by atoms with Crippen molar-refractivity contribution in [3.63, 3.8) is 0 Å². The zero-order chi connectivity index (χ0) is 16.0.